The van der Waals surface area contributed by atoms with E-state index in [1.165, 1.54) is 16.8 Å². The highest BCUT2D eigenvalue weighted by Gasteiger charge is 2.09. The molecular formula is C13H16F2N4. The van der Waals surface area contributed by atoms with E-state index in [2.05, 4.69) is 29.1 Å². The summed E-state index contributed by atoms with van der Waals surface area (Å²) in [4.78, 5) is 2.10. The lowest BCUT2D eigenvalue weighted by atomic mass is 10.3. The molecular weight excluding hydrogens is 250 g/mol. The molecule has 0 aliphatic heterocycles. The van der Waals surface area contributed by atoms with Gasteiger partial charge >= 0.3 is 0 Å². The van der Waals surface area contributed by atoms with Crippen molar-refractivity contribution in [2.24, 2.45) is 0 Å². The van der Waals surface area contributed by atoms with Gasteiger partial charge in [0.25, 0.3) is 0 Å². The summed E-state index contributed by atoms with van der Waals surface area (Å²) in [5, 5.41) is 7.89. The second-order valence-electron chi connectivity index (χ2n) is 4.79. The van der Waals surface area contributed by atoms with Crippen LogP contribution in [0.1, 0.15) is 19.5 Å². The molecule has 0 spiro atoms. The van der Waals surface area contributed by atoms with Gasteiger partial charge in [-0.2, -0.15) is 0 Å². The molecule has 0 saturated carbocycles. The molecule has 4 nitrogen and oxygen atoms in total. The molecule has 0 aliphatic rings. The molecule has 2 aromatic rings. The van der Waals surface area contributed by atoms with Crippen molar-refractivity contribution >= 4 is 0 Å². The minimum absolute atomic E-state index is 0.323. The fourth-order valence-corrected chi connectivity index (χ4v) is 1.61. The van der Waals surface area contributed by atoms with Crippen LogP contribution in [-0.4, -0.2) is 33.0 Å². The van der Waals surface area contributed by atoms with Gasteiger partial charge < -0.3 is 0 Å². The predicted octanol–water partition coefficient (Wildman–Crippen LogP) is 2.39. The van der Waals surface area contributed by atoms with Crippen molar-refractivity contribution in [3.63, 3.8) is 0 Å². The summed E-state index contributed by atoms with van der Waals surface area (Å²) in [6, 6.07) is 3.65. The van der Waals surface area contributed by atoms with E-state index in [1.54, 1.807) is 6.20 Å². The van der Waals surface area contributed by atoms with Crippen molar-refractivity contribution < 1.29 is 8.78 Å². The van der Waals surface area contributed by atoms with Crippen LogP contribution in [0, 0.1) is 11.6 Å². The van der Waals surface area contributed by atoms with E-state index in [0.717, 1.165) is 11.8 Å². The summed E-state index contributed by atoms with van der Waals surface area (Å²) in [5.41, 5.74) is 1.07. The minimum Gasteiger partial charge on any atom is -0.298 e. The van der Waals surface area contributed by atoms with Gasteiger partial charge in [-0.15, -0.1) is 5.10 Å². The van der Waals surface area contributed by atoms with Crippen molar-refractivity contribution in [1.82, 2.24) is 19.9 Å². The Labute approximate surface area is 110 Å². The second kappa shape index (κ2) is 5.44. The van der Waals surface area contributed by atoms with Gasteiger partial charge in [-0.05, 0) is 33.0 Å². The zero-order chi connectivity index (χ0) is 14.0. The lowest BCUT2D eigenvalue weighted by molar-refractivity contribution is 0.262. The lowest BCUT2D eigenvalue weighted by Gasteiger charge is -2.18. The van der Waals surface area contributed by atoms with E-state index >= 15 is 0 Å². The van der Waals surface area contributed by atoms with Gasteiger partial charge in [0.1, 0.15) is 11.6 Å². The van der Waals surface area contributed by atoms with E-state index < -0.39 is 11.6 Å². The summed E-state index contributed by atoms with van der Waals surface area (Å²) < 4.78 is 27.6. The van der Waals surface area contributed by atoms with E-state index in [0.29, 0.717) is 18.3 Å². The van der Waals surface area contributed by atoms with Crippen LogP contribution in [0.3, 0.4) is 0 Å². The van der Waals surface area contributed by atoms with Crippen molar-refractivity contribution in [1.29, 1.82) is 0 Å². The third kappa shape index (κ3) is 3.35. The molecule has 6 heteroatoms. The first kappa shape index (κ1) is 13.6. The first-order valence-corrected chi connectivity index (χ1v) is 6.03. The third-order valence-electron chi connectivity index (χ3n) is 2.95. The van der Waals surface area contributed by atoms with Crippen molar-refractivity contribution in [2.75, 3.05) is 7.05 Å². The van der Waals surface area contributed by atoms with Gasteiger partial charge in [-0.1, -0.05) is 5.21 Å². The first-order chi connectivity index (χ1) is 8.95. The number of hydrogen-bond acceptors (Lipinski definition) is 3. The van der Waals surface area contributed by atoms with Crippen LogP contribution in [0.2, 0.25) is 0 Å². The van der Waals surface area contributed by atoms with Crippen LogP contribution in [-0.2, 0) is 6.54 Å². The maximum Gasteiger partial charge on any atom is 0.128 e. The van der Waals surface area contributed by atoms with Gasteiger partial charge in [0, 0.05) is 18.7 Å². The zero-order valence-electron chi connectivity index (χ0n) is 11.1. The molecule has 0 amide bonds. The van der Waals surface area contributed by atoms with Gasteiger partial charge in [0.15, 0.2) is 0 Å². The van der Waals surface area contributed by atoms with Crippen LogP contribution in [0.5, 0.6) is 0 Å². The van der Waals surface area contributed by atoms with Crippen LogP contribution in [0.25, 0.3) is 5.69 Å². The molecule has 0 aliphatic carbocycles. The molecule has 0 atom stereocenters. The molecule has 0 N–H and O–H groups in total. The number of halogens is 2. The molecule has 0 radical (unpaired) electrons. The number of nitrogens with zero attached hydrogens (tertiary/aromatic N) is 4. The predicted molar refractivity (Wildman–Crippen MR) is 67.9 cm³/mol. The minimum atomic E-state index is -0.633. The number of benzene rings is 1. The van der Waals surface area contributed by atoms with Crippen LogP contribution >= 0.6 is 0 Å². The lowest BCUT2D eigenvalue weighted by Crippen LogP contribution is -2.25. The number of hydrogen-bond donors (Lipinski definition) is 0. The Bertz CT molecular complexity index is 545. The van der Waals surface area contributed by atoms with E-state index in [9.17, 15) is 8.78 Å². The summed E-state index contributed by atoms with van der Waals surface area (Å²) in [7, 11) is 1.98. The molecule has 0 saturated heterocycles. The highest BCUT2D eigenvalue weighted by Crippen LogP contribution is 2.12. The zero-order valence-corrected chi connectivity index (χ0v) is 11.1. The smallest absolute Gasteiger partial charge is 0.128 e. The Morgan fingerprint density at radius 3 is 2.42 bits per heavy atom. The molecule has 2 rings (SSSR count). The topological polar surface area (TPSA) is 34.0 Å². The van der Waals surface area contributed by atoms with Crippen LogP contribution < -0.4 is 0 Å². The SMILES string of the molecule is CC(C)N(C)Cc1cn(-c2cc(F)cc(F)c2)nn1. The van der Waals surface area contributed by atoms with E-state index in [4.69, 9.17) is 0 Å². The van der Waals surface area contributed by atoms with Gasteiger partial charge in [-0.25, -0.2) is 13.5 Å². The summed E-state index contributed by atoms with van der Waals surface area (Å²) in [6.45, 7) is 4.79. The first-order valence-electron chi connectivity index (χ1n) is 6.03. The Balaban J connectivity index is 2.21. The molecule has 0 fully saturated rings. The quantitative estimate of drug-likeness (QED) is 0.852. The Morgan fingerprint density at radius 1 is 1.21 bits per heavy atom. The number of rotatable bonds is 4. The average Bonchev–Trinajstić information content (AvgIpc) is 2.76. The van der Waals surface area contributed by atoms with Crippen molar-refractivity contribution in [3.8, 4) is 5.69 Å². The average molecular weight is 266 g/mol. The Morgan fingerprint density at radius 2 is 1.84 bits per heavy atom. The van der Waals surface area contributed by atoms with Gasteiger partial charge in [-0.3, -0.25) is 4.90 Å². The fourth-order valence-electron chi connectivity index (χ4n) is 1.61. The number of aromatic nitrogens is 3. The molecule has 102 valence electrons. The third-order valence-corrected chi connectivity index (χ3v) is 2.95. The van der Waals surface area contributed by atoms with E-state index in [-0.39, 0.29) is 0 Å². The summed E-state index contributed by atoms with van der Waals surface area (Å²) in [6.07, 6.45) is 1.67. The highest BCUT2D eigenvalue weighted by molar-refractivity contribution is 5.31. The van der Waals surface area contributed by atoms with Crippen molar-refractivity contribution in [3.05, 3.63) is 41.7 Å². The Hall–Kier alpha value is -1.82. The standard InChI is InChI=1S/C13H16F2N4/c1-9(2)18(3)7-12-8-19(17-16-12)13-5-10(14)4-11(15)6-13/h4-6,8-9H,7H2,1-3H3. The summed E-state index contributed by atoms with van der Waals surface area (Å²) >= 11 is 0. The molecule has 1 aromatic heterocycles. The van der Waals surface area contributed by atoms with Gasteiger partial charge in [0.2, 0.25) is 0 Å². The van der Waals surface area contributed by atoms with E-state index in [1.807, 2.05) is 7.05 Å². The normalized spacial score (nSPS) is 11.5. The van der Waals surface area contributed by atoms with Crippen LogP contribution in [0.15, 0.2) is 24.4 Å². The maximum absolute atomic E-state index is 13.1. The fraction of sp³-hybridized carbons (Fsp3) is 0.385. The second-order valence-corrected chi connectivity index (χ2v) is 4.79. The molecule has 0 bridgehead atoms. The Kier molecular flexibility index (Phi) is 3.90. The highest BCUT2D eigenvalue weighted by atomic mass is 19.1. The maximum atomic E-state index is 13.1. The van der Waals surface area contributed by atoms with Crippen molar-refractivity contribution in [2.45, 2.75) is 26.4 Å². The molecule has 19 heavy (non-hydrogen) atoms. The molecule has 0 unspecified atom stereocenters. The monoisotopic (exact) mass is 266 g/mol. The van der Waals surface area contributed by atoms with Gasteiger partial charge in [0.05, 0.1) is 17.6 Å². The largest absolute Gasteiger partial charge is 0.298 e. The van der Waals surface area contributed by atoms with Crippen LogP contribution in [0.4, 0.5) is 8.78 Å². The summed E-state index contributed by atoms with van der Waals surface area (Å²) in [5.74, 6) is -1.27. The molecule has 1 heterocycles. The molecule has 1 aromatic carbocycles.